The Balaban J connectivity index is 2.64. The number of para-hydroxylation sites is 1. The van der Waals surface area contributed by atoms with Crippen LogP contribution in [-0.2, 0) is 6.54 Å². The molecule has 0 atom stereocenters. The second-order valence-electron chi connectivity index (χ2n) is 4.63. The predicted octanol–water partition coefficient (Wildman–Crippen LogP) is 2.25. The highest BCUT2D eigenvalue weighted by atomic mass is 19.1. The Bertz CT molecular complexity index is 637. The first-order valence-electron chi connectivity index (χ1n) is 5.91. The molecule has 0 aliphatic rings. The summed E-state index contributed by atoms with van der Waals surface area (Å²) in [4.78, 5) is 6.20. The number of aryl methyl sites for hydroxylation is 1. The monoisotopic (exact) mass is 258 g/mol. The van der Waals surface area contributed by atoms with E-state index >= 15 is 0 Å². The average molecular weight is 258 g/mol. The predicted molar refractivity (Wildman–Crippen MR) is 70.4 cm³/mol. The summed E-state index contributed by atoms with van der Waals surface area (Å²) in [6.07, 6.45) is 1.56. The maximum Gasteiger partial charge on any atom is 0.148 e. The van der Waals surface area contributed by atoms with Gasteiger partial charge in [0.15, 0.2) is 0 Å². The van der Waals surface area contributed by atoms with Gasteiger partial charge in [-0.1, -0.05) is 6.07 Å². The van der Waals surface area contributed by atoms with Crippen LogP contribution in [0.1, 0.15) is 17.0 Å². The van der Waals surface area contributed by atoms with Crippen LogP contribution in [0.15, 0.2) is 24.5 Å². The first kappa shape index (κ1) is 13.2. The Kier molecular flexibility index (Phi) is 3.63. The van der Waals surface area contributed by atoms with E-state index in [9.17, 15) is 4.39 Å². The van der Waals surface area contributed by atoms with Gasteiger partial charge in [0.2, 0.25) is 0 Å². The fourth-order valence-electron chi connectivity index (χ4n) is 2.00. The van der Waals surface area contributed by atoms with Crippen molar-refractivity contribution in [2.24, 2.45) is 0 Å². The van der Waals surface area contributed by atoms with Crippen molar-refractivity contribution in [1.29, 1.82) is 5.26 Å². The van der Waals surface area contributed by atoms with Gasteiger partial charge in [-0.3, -0.25) is 4.57 Å². The molecule has 0 radical (unpaired) electrons. The Morgan fingerprint density at radius 1 is 1.42 bits per heavy atom. The zero-order valence-electron chi connectivity index (χ0n) is 11.2. The highest BCUT2D eigenvalue weighted by molar-refractivity contribution is 5.51. The number of nitrogens with zero attached hydrogens (tertiary/aromatic N) is 4. The lowest BCUT2D eigenvalue weighted by Gasteiger charge is -2.15. The molecule has 5 heteroatoms. The Labute approximate surface area is 111 Å². The molecule has 0 saturated carbocycles. The van der Waals surface area contributed by atoms with Crippen LogP contribution in [0.4, 0.5) is 4.39 Å². The van der Waals surface area contributed by atoms with Gasteiger partial charge < -0.3 is 4.90 Å². The van der Waals surface area contributed by atoms with Crippen molar-refractivity contribution in [2.45, 2.75) is 13.5 Å². The number of halogens is 1. The van der Waals surface area contributed by atoms with Gasteiger partial charge in [0.1, 0.15) is 17.6 Å². The van der Waals surface area contributed by atoms with Crippen LogP contribution in [-0.4, -0.2) is 28.5 Å². The van der Waals surface area contributed by atoms with Crippen molar-refractivity contribution in [3.05, 3.63) is 47.3 Å². The molecule has 0 fully saturated rings. The molecule has 2 aromatic rings. The minimum Gasteiger partial charge on any atom is -0.304 e. The van der Waals surface area contributed by atoms with Crippen molar-refractivity contribution in [3.8, 4) is 11.8 Å². The van der Waals surface area contributed by atoms with Crippen molar-refractivity contribution in [2.75, 3.05) is 14.1 Å². The minimum atomic E-state index is -0.420. The summed E-state index contributed by atoms with van der Waals surface area (Å²) in [5.74, 6) is -0.420. The largest absolute Gasteiger partial charge is 0.304 e. The van der Waals surface area contributed by atoms with Gasteiger partial charge in [0.05, 0.1) is 23.3 Å². The molecule has 98 valence electrons. The van der Waals surface area contributed by atoms with E-state index in [0.29, 0.717) is 12.1 Å². The van der Waals surface area contributed by atoms with Gasteiger partial charge in [0, 0.05) is 6.54 Å². The number of benzene rings is 1. The Morgan fingerprint density at radius 2 is 2.16 bits per heavy atom. The Hall–Kier alpha value is -2.19. The summed E-state index contributed by atoms with van der Waals surface area (Å²) >= 11 is 0. The lowest BCUT2D eigenvalue weighted by Crippen LogP contribution is -2.15. The first-order valence-corrected chi connectivity index (χ1v) is 5.91. The van der Waals surface area contributed by atoms with Gasteiger partial charge in [-0.05, 0) is 33.2 Å². The smallest absolute Gasteiger partial charge is 0.148 e. The highest BCUT2D eigenvalue weighted by Gasteiger charge is 2.16. The zero-order valence-corrected chi connectivity index (χ0v) is 11.2. The molecule has 0 bridgehead atoms. The molecule has 0 saturated heterocycles. The Morgan fingerprint density at radius 3 is 2.79 bits per heavy atom. The molecule has 19 heavy (non-hydrogen) atoms. The van der Waals surface area contributed by atoms with E-state index in [4.69, 9.17) is 5.26 Å². The highest BCUT2D eigenvalue weighted by Crippen LogP contribution is 2.22. The lowest BCUT2D eigenvalue weighted by atomic mass is 10.1. The van der Waals surface area contributed by atoms with E-state index in [1.54, 1.807) is 17.0 Å². The second kappa shape index (κ2) is 5.21. The van der Waals surface area contributed by atoms with E-state index in [1.807, 2.05) is 32.0 Å². The first-order chi connectivity index (χ1) is 9.04. The number of imidazole rings is 1. The standard InChI is InChI=1S/C14H15FN4/c1-10-13(8-18(2)3)19(9-17-10)14-11(7-16)5-4-6-12(14)15/h4-6,9H,8H2,1-3H3. The summed E-state index contributed by atoms with van der Waals surface area (Å²) in [6, 6.07) is 6.51. The van der Waals surface area contributed by atoms with Gasteiger partial charge in [0.25, 0.3) is 0 Å². The maximum atomic E-state index is 14.0. The molecule has 0 unspecified atom stereocenters. The summed E-state index contributed by atoms with van der Waals surface area (Å²) < 4.78 is 15.7. The van der Waals surface area contributed by atoms with Crippen LogP contribution in [0.2, 0.25) is 0 Å². The van der Waals surface area contributed by atoms with Crippen LogP contribution in [0.25, 0.3) is 5.69 Å². The van der Waals surface area contributed by atoms with E-state index < -0.39 is 5.82 Å². The van der Waals surface area contributed by atoms with Crippen molar-refractivity contribution in [1.82, 2.24) is 14.5 Å². The number of aromatic nitrogens is 2. The molecule has 0 aliphatic carbocycles. The van der Waals surface area contributed by atoms with Gasteiger partial charge in [-0.25, -0.2) is 9.37 Å². The van der Waals surface area contributed by atoms with Crippen LogP contribution in [0.3, 0.4) is 0 Å². The van der Waals surface area contributed by atoms with E-state index in [-0.39, 0.29) is 5.69 Å². The SMILES string of the molecule is Cc1ncn(-c2c(F)cccc2C#N)c1CN(C)C. The third-order valence-electron chi connectivity index (χ3n) is 2.89. The fourth-order valence-corrected chi connectivity index (χ4v) is 2.00. The molecule has 4 nitrogen and oxygen atoms in total. The average Bonchev–Trinajstić information content (AvgIpc) is 2.70. The summed E-state index contributed by atoms with van der Waals surface area (Å²) in [7, 11) is 3.87. The molecule has 0 spiro atoms. The quantitative estimate of drug-likeness (QED) is 0.848. The van der Waals surface area contributed by atoms with Crippen molar-refractivity contribution < 1.29 is 4.39 Å². The molecule has 0 amide bonds. The van der Waals surface area contributed by atoms with Crippen molar-refractivity contribution >= 4 is 0 Å². The van der Waals surface area contributed by atoms with E-state index in [0.717, 1.165) is 11.4 Å². The molecule has 0 N–H and O–H groups in total. The van der Waals surface area contributed by atoms with Gasteiger partial charge in [-0.2, -0.15) is 5.26 Å². The van der Waals surface area contributed by atoms with Crippen LogP contribution >= 0.6 is 0 Å². The summed E-state index contributed by atoms with van der Waals surface area (Å²) in [5.41, 5.74) is 2.28. The minimum absolute atomic E-state index is 0.266. The molecule has 1 aromatic carbocycles. The molecular weight excluding hydrogens is 243 g/mol. The number of nitriles is 1. The summed E-state index contributed by atoms with van der Waals surface area (Å²) in [5, 5.41) is 9.12. The van der Waals surface area contributed by atoms with Gasteiger partial charge in [-0.15, -0.1) is 0 Å². The maximum absolute atomic E-state index is 14.0. The van der Waals surface area contributed by atoms with Crippen LogP contribution in [0, 0.1) is 24.1 Å². The molecule has 2 rings (SSSR count). The third kappa shape index (κ3) is 2.49. The number of rotatable bonds is 3. The summed E-state index contributed by atoms with van der Waals surface area (Å²) in [6.45, 7) is 2.51. The van der Waals surface area contributed by atoms with E-state index in [1.165, 1.54) is 12.1 Å². The topological polar surface area (TPSA) is 44.9 Å². The normalized spacial score (nSPS) is 10.7. The molecule has 1 heterocycles. The zero-order chi connectivity index (χ0) is 14.0. The van der Waals surface area contributed by atoms with Crippen LogP contribution < -0.4 is 0 Å². The van der Waals surface area contributed by atoms with E-state index in [2.05, 4.69) is 4.98 Å². The lowest BCUT2D eigenvalue weighted by molar-refractivity contribution is 0.392. The van der Waals surface area contributed by atoms with Crippen LogP contribution in [0.5, 0.6) is 0 Å². The fraction of sp³-hybridized carbons (Fsp3) is 0.286. The van der Waals surface area contributed by atoms with Crippen molar-refractivity contribution in [3.63, 3.8) is 0 Å². The number of hydrogen-bond acceptors (Lipinski definition) is 3. The molecule has 0 aliphatic heterocycles. The molecular formula is C14H15FN4. The second-order valence-corrected chi connectivity index (χ2v) is 4.63. The van der Waals surface area contributed by atoms with Gasteiger partial charge >= 0.3 is 0 Å². The number of hydrogen-bond donors (Lipinski definition) is 0. The third-order valence-corrected chi connectivity index (χ3v) is 2.89. The molecule has 1 aromatic heterocycles.